The minimum absolute atomic E-state index is 0.0812. The smallest absolute Gasteiger partial charge is 0.338 e. The van der Waals surface area contributed by atoms with Gasteiger partial charge in [-0.3, -0.25) is 4.79 Å². The highest BCUT2D eigenvalue weighted by Crippen LogP contribution is 2.10. The lowest BCUT2D eigenvalue weighted by atomic mass is 10.1. The van der Waals surface area contributed by atoms with Crippen molar-refractivity contribution >= 4 is 11.9 Å². The molecule has 2 rings (SSSR count). The maximum absolute atomic E-state index is 11.9. The van der Waals surface area contributed by atoms with Gasteiger partial charge < -0.3 is 9.84 Å². The van der Waals surface area contributed by atoms with Gasteiger partial charge >= 0.3 is 11.9 Å². The predicted octanol–water partition coefficient (Wildman–Crippen LogP) is 3.06. The lowest BCUT2D eigenvalue weighted by Gasteiger charge is -2.05. The Morgan fingerprint density at radius 3 is 2.19 bits per heavy atom. The fourth-order valence-corrected chi connectivity index (χ4v) is 1.87. The van der Waals surface area contributed by atoms with Crippen LogP contribution in [0.5, 0.6) is 0 Å². The van der Waals surface area contributed by atoms with E-state index in [-0.39, 0.29) is 19.0 Å². The monoisotopic (exact) mass is 284 g/mol. The predicted molar refractivity (Wildman–Crippen MR) is 78.0 cm³/mol. The molecule has 4 heteroatoms. The van der Waals surface area contributed by atoms with Crippen molar-refractivity contribution < 1.29 is 19.4 Å². The third-order valence-corrected chi connectivity index (χ3v) is 3.03. The van der Waals surface area contributed by atoms with Gasteiger partial charge in [-0.1, -0.05) is 42.5 Å². The molecule has 1 N–H and O–H groups in total. The maximum atomic E-state index is 11.9. The van der Waals surface area contributed by atoms with Crippen molar-refractivity contribution in [3.63, 3.8) is 0 Å². The summed E-state index contributed by atoms with van der Waals surface area (Å²) in [5, 5.41) is 8.62. The molecule has 0 saturated heterocycles. The second-order valence-corrected chi connectivity index (χ2v) is 4.65. The minimum atomic E-state index is -0.832. The van der Waals surface area contributed by atoms with E-state index in [9.17, 15) is 9.59 Å². The summed E-state index contributed by atoms with van der Waals surface area (Å²) in [5.74, 6) is -1.22. The molecule has 0 bridgehead atoms. The van der Waals surface area contributed by atoms with E-state index < -0.39 is 5.97 Å². The van der Waals surface area contributed by atoms with Crippen molar-refractivity contribution in [3.05, 3.63) is 71.3 Å². The van der Waals surface area contributed by atoms with Crippen LogP contribution >= 0.6 is 0 Å². The van der Waals surface area contributed by atoms with Gasteiger partial charge in [-0.15, -0.1) is 0 Å². The average Bonchev–Trinajstić information content (AvgIpc) is 2.52. The Morgan fingerprint density at radius 1 is 0.905 bits per heavy atom. The van der Waals surface area contributed by atoms with E-state index in [1.165, 1.54) is 0 Å². The minimum Gasteiger partial charge on any atom is -0.481 e. The standard InChI is InChI=1S/C17H16O4/c18-16(19)11-8-13-6-9-15(10-7-13)17(20)21-12-14-4-2-1-3-5-14/h1-7,9-10H,8,11-12H2,(H,18,19). The van der Waals surface area contributed by atoms with Gasteiger partial charge in [0.2, 0.25) is 0 Å². The van der Waals surface area contributed by atoms with Gasteiger partial charge in [-0.05, 0) is 29.7 Å². The number of rotatable bonds is 6. The topological polar surface area (TPSA) is 63.6 Å². The molecule has 108 valence electrons. The molecule has 0 spiro atoms. The number of carboxylic acids is 1. The van der Waals surface area contributed by atoms with Gasteiger partial charge in [0, 0.05) is 6.42 Å². The van der Waals surface area contributed by atoms with Crippen molar-refractivity contribution in [1.29, 1.82) is 0 Å². The molecule has 0 aliphatic rings. The number of aryl methyl sites for hydroxylation is 1. The van der Waals surface area contributed by atoms with Gasteiger partial charge in [0.15, 0.2) is 0 Å². The fourth-order valence-electron chi connectivity index (χ4n) is 1.87. The lowest BCUT2D eigenvalue weighted by molar-refractivity contribution is -0.136. The van der Waals surface area contributed by atoms with Crippen LogP contribution in [0.3, 0.4) is 0 Å². The van der Waals surface area contributed by atoms with Crippen molar-refractivity contribution in [2.75, 3.05) is 0 Å². The van der Waals surface area contributed by atoms with Crippen LogP contribution < -0.4 is 0 Å². The van der Waals surface area contributed by atoms with Gasteiger partial charge in [0.05, 0.1) is 5.56 Å². The van der Waals surface area contributed by atoms with Crippen LogP contribution in [0, 0.1) is 0 Å². The van der Waals surface area contributed by atoms with E-state index in [0.29, 0.717) is 12.0 Å². The van der Waals surface area contributed by atoms with Gasteiger partial charge in [0.25, 0.3) is 0 Å². The van der Waals surface area contributed by atoms with Crippen molar-refractivity contribution in [2.45, 2.75) is 19.4 Å². The largest absolute Gasteiger partial charge is 0.481 e. The summed E-state index contributed by atoms with van der Waals surface area (Å²) in [6, 6.07) is 16.3. The summed E-state index contributed by atoms with van der Waals surface area (Å²) < 4.78 is 5.22. The number of carbonyl (C=O) groups is 2. The first-order valence-corrected chi connectivity index (χ1v) is 6.67. The van der Waals surface area contributed by atoms with E-state index in [1.54, 1.807) is 24.3 Å². The van der Waals surface area contributed by atoms with E-state index in [4.69, 9.17) is 9.84 Å². The second kappa shape index (κ2) is 7.24. The molecule has 0 saturated carbocycles. The molecule has 0 heterocycles. The first-order valence-electron chi connectivity index (χ1n) is 6.67. The molecule has 0 amide bonds. The lowest BCUT2D eigenvalue weighted by Crippen LogP contribution is -2.05. The molecule has 0 atom stereocenters. The summed E-state index contributed by atoms with van der Waals surface area (Å²) in [7, 11) is 0. The molecule has 21 heavy (non-hydrogen) atoms. The van der Waals surface area contributed by atoms with Crippen LogP contribution in [0.15, 0.2) is 54.6 Å². The van der Waals surface area contributed by atoms with E-state index >= 15 is 0 Å². The quantitative estimate of drug-likeness (QED) is 0.828. The van der Waals surface area contributed by atoms with Crippen molar-refractivity contribution in [1.82, 2.24) is 0 Å². The van der Waals surface area contributed by atoms with Crippen LogP contribution in [0.1, 0.15) is 27.9 Å². The molecule has 2 aromatic rings. The Kier molecular flexibility index (Phi) is 5.10. The second-order valence-electron chi connectivity index (χ2n) is 4.65. The van der Waals surface area contributed by atoms with Crippen LogP contribution in [0.4, 0.5) is 0 Å². The van der Waals surface area contributed by atoms with Crippen LogP contribution in [0.25, 0.3) is 0 Å². The third-order valence-electron chi connectivity index (χ3n) is 3.03. The Morgan fingerprint density at radius 2 is 1.57 bits per heavy atom. The van der Waals surface area contributed by atoms with Crippen molar-refractivity contribution in [3.8, 4) is 0 Å². The zero-order valence-electron chi connectivity index (χ0n) is 11.5. The molecule has 4 nitrogen and oxygen atoms in total. The fraction of sp³-hybridized carbons (Fsp3) is 0.176. The molecular weight excluding hydrogens is 268 g/mol. The Labute approximate surface area is 123 Å². The molecule has 0 aliphatic carbocycles. The Hall–Kier alpha value is -2.62. The van der Waals surface area contributed by atoms with E-state index in [1.807, 2.05) is 30.3 Å². The third kappa shape index (κ3) is 4.76. The van der Waals surface area contributed by atoms with Crippen molar-refractivity contribution in [2.24, 2.45) is 0 Å². The molecular formula is C17H16O4. The highest BCUT2D eigenvalue weighted by Gasteiger charge is 2.07. The summed E-state index contributed by atoms with van der Waals surface area (Å²) >= 11 is 0. The number of esters is 1. The summed E-state index contributed by atoms with van der Waals surface area (Å²) in [4.78, 5) is 22.4. The van der Waals surface area contributed by atoms with Gasteiger partial charge in [-0.2, -0.15) is 0 Å². The van der Waals surface area contributed by atoms with Crippen LogP contribution in [0.2, 0.25) is 0 Å². The molecule has 0 aliphatic heterocycles. The van der Waals surface area contributed by atoms with E-state index in [0.717, 1.165) is 11.1 Å². The Balaban J connectivity index is 1.89. The number of benzene rings is 2. The zero-order valence-corrected chi connectivity index (χ0v) is 11.5. The molecule has 2 aromatic carbocycles. The summed E-state index contributed by atoms with van der Waals surface area (Å²) in [6.45, 7) is 0.237. The number of hydrogen-bond acceptors (Lipinski definition) is 3. The number of carboxylic acid groups (broad SMARTS) is 1. The van der Waals surface area contributed by atoms with Gasteiger partial charge in [0.1, 0.15) is 6.61 Å². The molecule has 0 radical (unpaired) electrons. The number of carbonyl (C=O) groups excluding carboxylic acids is 1. The molecule has 0 unspecified atom stereocenters. The summed E-state index contributed by atoms with van der Waals surface area (Å²) in [5.41, 5.74) is 2.28. The highest BCUT2D eigenvalue weighted by molar-refractivity contribution is 5.89. The highest BCUT2D eigenvalue weighted by atomic mass is 16.5. The molecule has 0 fully saturated rings. The number of ether oxygens (including phenoxy) is 1. The summed E-state index contributed by atoms with van der Waals surface area (Å²) in [6.07, 6.45) is 0.534. The maximum Gasteiger partial charge on any atom is 0.338 e. The number of hydrogen-bond donors (Lipinski definition) is 1. The Bertz CT molecular complexity index is 602. The first kappa shape index (κ1) is 14.8. The normalized spacial score (nSPS) is 10.1. The SMILES string of the molecule is O=C(O)CCc1ccc(C(=O)OCc2ccccc2)cc1. The van der Waals surface area contributed by atoms with Gasteiger partial charge in [-0.25, -0.2) is 4.79 Å². The first-order chi connectivity index (χ1) is 10.1. The van der Waals surface area contributed by atoms with Crippen LogP contribution in [-0.4, -0.2) is 17.0 Å². The average molecular weight is 284 g/mol. The van der Waals surface area contributed by atoms with E-state index in [2.05, 4.69) is 0 Å². The molecule has 0 aromatic heterocycles. The van der Waals surface area contributed by atoms with Crippen LogP contribution in [-0.2, 0) is 22.6 Å². The zero-order chi connectivity index (χ0) is 15.1. The number of aliphatic carboxylic acids is 1.